The number of halogens is 2. The van der Waals surface area contributed by atoms with Crippen molar-refractivity contribution in [2.24, 2.45) is 5.73 Å². The number of benzene rings is 2. The zero-order valence-electron chi connectivity index (χ0n) is 10.7. The van der Waals surface area contributed by atoms with E-state index in [0.29, 0.717) is 12.4 Å². The summed E-state index contributed by atoms with van der Waals surface area (Å²) in [6, 6.07) is 14.7. The van der Waals surface area contributed by atoms with Crippen molar-refractivity contribution in [1.82, 2.24) is 5.32 Å². The van der Waals surface area contributed by atoms with Crippen LogP contribution in [0.5, 0.6) is 0 Å². The van der Waals surface area contributed by atoms with Gasteiger partial charge >= 0.3 is 0 Å². The lowest BCUT2D eigenvalue weighted by Crippen LogP contribution is -2.31. The highest BCUT2D eigenvalue weighted by Crippen LogP contribution is 2.37. The Morgan fingerprint density at radius 1 is 1.10 bits per heavy atom. The molecule has 1 atom stereocenters. The van der Waals surface area contributed by atoms with Crippen molar-refractivity contribution >= 4 is 15.9 Å². The lowest BCUT2D eigenvalue weighted by atomic mass is 9.75. The number of rotatable bonds is 2. The molecule has 3 rings (SSSR count). The van der Waals surface area contributed by atoms with Crippen LogP contribution in [-0.2, 0) is 5.41 Å². The third kappa shape index (κ3) is 2.20. The van der Waals surface area contributed by atoms with Gasteiger partial charge in [-0.1, -0.05) is 40.2 Å². The van der Waals surface area contributed by atoms with E-state index in [1.54, 1.807) is 0 Å². The lowest BCUT2D eigenvalue weighted by Gasteiger charge is -2.28. The molecule has 0 amide bonds. The van der Waals surface area contributed by atoms with Gasteiger partial charge in [0.25, 0.3) is 0 Å². The Balaban J connectivity index is 2.18. The molecule has 2 aromatic carbocycles. The third-order valence-corrected chi connectivity index (χ3v) is 4.17. The summed E-state index contributed by atoms with van der Waals surface area (Å²) in [5.74, 6) is 0.412. The summed E-state index contributed by atoms with van der Waals surface area (Å²) in [7, 11) is 0. The first-order valence-electron chi connectivity index (χ1n) is 6.34. The van der Waals surface area contributed by atoms with Crippen LogP contribution in [0.2, 0.25) is 0 Å². The second-order valence-corrected chi connectivity index (χ2v) is 5.86. The van der Waals surface area contributed by atoms with Gasteiger partial charge in [-0.05, 0) is 41.5 Å². The van der Waals surface area contributed by atoms with Crippen LogP contribution >= 0.6 is 15.9 Å². The number of hydrogen-bond donors (Lipinski definition) is 2. The SMILES string of the molecule is NC1=CC(c2ccc(F)cc2)(c2cccc(Br)c2)CN1. The van der Waals surface area contributed by atoms with Gasteiger partial charge in [0.05, 0.1) is 11.2 Å². The average molecular weight is 333 g/mol. The summed E-state index contributed by atoms with van der Waals surface area (Å²) >= 11 is 3.50. The van der Waals surface area contributed by atoms with Crippen molar-refractivity contribution in [1.29, 1.82) is 0 Å². The second-order valence-electron chi connectivity index (χ2n) is 4.94. The Kier molecular flexibility index (Phi) is 3.26. The summed E-state index contributed by atoms with van der Waals surface area (Å²) in [4.78, 5) is 0. The predicted octanol–water partition coefficient (Wildman–Crippen LogP) is 3.28. The van der Waals surface area contributed by atoms with E-state index in [2.05, 4.69) is 33.4 Å². The molecule has 0 aromatic heterocycles. The van der Waals surface area contributed by atoms with E-state index in [9.17, 15) is 4.39 Å². The van der Waals surface area contributed by atoms with Crippen LogP contribution < -0.4 is 11.1 Å². The Morgan fingerprint density at radius 2 is 1.85 bits per heavy atom. The van der Waals surface area contributed by atoms with Crippen molar-refractivity contribution in [3.05, 3.63) is 81.8 Å². The first kappa shape index (κ1) is 13.2. The van der Waals surface area contributed by atoms with Crippen molar-refractivity contribution in [3.63, 3.8) is 0 Å². The first-order valence-corrected chi connectivity index (χ1v) is 7.14. The molecular formula is C16H14BrFN2. The number of nitrogens with two attached hydrogens (primary N) is 1. The van der Waals surface area contributed by atoms with Crippen molar-refractivity contribution in [2.45, 2.75) is 5.41 Å². The van der Waals surface area contributed by atoms with E-state index in [-0.39, 0.29) is 11.2 Å². The topological polar surface area (TPSA) is 38.0 Å². The standard InChI is InChI=1S/C16H14BrFN2/c17-13-3-1-2-12(8-13)16(9-15(19)20-10-16)11-4-6-14(18)7-5-11/h1-9,20H,10,19H2. The van der Waals surface area contributed by atoms with Crippen LogP contribution in [0.3, 0.4) is 0 Å². The largest absolute Gasteiger partial charge is 0.386 e. The molecule has 0 radical (unpaired) electrons. The molecule has 0 aliphatic carbocycles. The molecule has 1 unspecified atom stereocenters. The summed E-state index contributed by atoms with van der Waals surface area (Å²) in [5.41, 5.74) is 7.69. The number of hydrogen-bond acceptors (Lipinski definition) is 2. The fourth-order valence-electron chi connectivity index (χ4n) is 2.66. The molecule has 1 aliphatic heterocycles. The van der Waals surface area contributed by atoms with Crippen LogP contribution in [0.15, 0.2) is 64.9 Å². The Labute approximate surface area is 125 Å². The summed E-state index contributed by atoms with van der Waals surface area (Å²) in [5, 5.41) is 3.17. The van der Waals surface area contributed by atoms with Gasteiger partial charge in [0.15, 0.2) is 0 Å². The molecule has 3 N–H and O–H groups in total. The van der Waals surface area contributed by atoms with Crippen LogP contribution in [0.1, 0.15) is 11.1 Å². The molecule has 0 saturated carbocycles. The van der Waals surface area contributed by atoms with Gasteiger partial charge in [0, 0.05) is 11.0 Å². The monoisotopic (exact) mass is 332 g/mol. The lowest BCUT2D eigenvalue weighted by molar-refractivity contribution is 0.616. The Bertz CT molecular complexity index is 666. The molecule has 4 heteroatoms. The van der Waals surface area contributed by atoms with Crippen LogP contribution in [-0.4, -0.2) is 6.54 Å². The van der Waals surface area contributed by atoms with Crippen LogP contribution in [0.4, 0.5) is 4.39 Å². The molecule has 1 heterocycles. The van der Waals surface area contributed by atoms with Gasteiger partial charge < -0.3 is 11.1 Å². The highest BCUT2D eigenvalue weighted by molar-refractivity contribution is 9.10. The minimum atomic E-state index is -0.360. The first-order chi connectivity index (χ1) is 9.60. The molecule has 1 aliphatic rings. The highest BCUT2D eigenvalue weighted by atomic mass is 79.9. The summed E-state index contributed by atoms with van der Waals surface area (Å²) in [6.07, 6.45) is 2.00. The maximum Gasteiger partial charge on any atom is 0.123 e. The molecule has 0 spiro atoms. The smallest absolute Gasteiger partial charge is 0.123 e. The van der Waals surface area contributed by atoms with E-state index in [1.807, 2.05) is 30.3 Å². The number of nitrogens with one attached hydrogen (secondary N) is 1. The fraction of sp³-hybridized carbons (Fsp3) is 0.125. The average Bonchev–Trinajstić information content (AvgIpc) is 2.83. The van der Waals surface area contributed by atoms with Gasteiger partial charge in [-0.15, -0.1) is 0 Å². The minimum Gasteiger partial charge on any atom is -0.386 e. The van der Waals surface area contributed by atoms with E-state index >= 15 is 0 Å². The molecule has 0 saturated heterocycles. The molecule has 102 valence electrons. The summed E-state index contributed by atoms with van der Waals surface area (Å²) < 4.78 is 14.2. The summed E-state index contributed by atoms with van der Waals surface area (Å²) in [6.45, 7) is 0.668. The van der Waals surface area contributed by atoms with E-state index < -0.39 is 0 Å². The zero-order chi connectivity index (χ0) is 14.2. The van der Waals surface area contributed by atoms with Crippen LogP contribution in [0, 0.1) is 5.82 Å². The van der Waals surface area contributed by atoms with Crippen molar-refractivity contribution in [2.75, 3.05) is 6.54 Å². The van der Waals surface area contributed by atoms with Gasteiger partial charge in [0.1, 0.15) is 5.82 Å². The third-order valence-electron chi connectivity index (χ3n) is 3.67. The maximum atomic E-state index is 13.2. The van der Waals surface area contributed by atoms with Crippen molar-refractivity contribution in [3.8, 4) is 0 Å². The Hall–Kier alpha value is -1.81. The predicted molar refractivity (Wildman–Crippen MR) is 81.6 cm³/mol. The van der Waals surface area contributed by atoms with Crippen LogP contribution in [0.25, 0.3) is 0 Å². The van der Waals surface area contributed by atoms with Gasteiger partial charge in [-0.25, -0.2) is 4.39 Å². The fourth-order valence-corrected chi connectivity index (χ4v) is 3.06. The zero-order valence-corrected chi connectivity index (χ0v) is 12.3. The van der Waals surface area contributed by atoms with Crippen molar-refractivity contribution < 1.29 is 4.39 Å². The van der Waals surface area contributed by atoms with E-state index in [1.165, 1.54) is 12.1 Å². The van der Waals surface area contributed by atoms with E-state index in [0.717, 1.165) is 15.6 Å². The molecule has 2 nitrogen and oxygen atoms in total. The highest BCUT2D eigenvalue weighted by Gasteiger charge is 2.36. The van der Waals surface area contributed by atoms with Gasteiger partial charge in [-0.2, -0.15) is 0 Å². The van der Waals surface area contributed by atoms with Gasteiger partial charge in [-0.3, -0.25) is 0 Å². The quantitative estimate of drug-likeness (QED) is 0.885. The molecule has 0 bridgehead atoms. The normalized spacial score (nSPS) is 21.4. The molecular weight excluding hydrogens is 319 g/mol. The minimum absolute atomic E-state index is 0.235. The molecule has 0 fully saturated rings. The van der Waals surface area contributed by atoms with E-state index in [4.69, 9.17) is 5.73 Å². The second kappa shape index (κ2) is 4.94. The van der Waals surface area contributed by atoms with Gasteiger partial charge in [0.2, 0.25) is 0 Å². The molecule has 20 heavy (non-hydrogen) atoms. The maximum absolute atomic E-state index is 13.2. The Morgan fingerprint density at radius 3 is 2.45 bits per heavy atom. The molecule has 2 aromatic rings.